The molecule has 1 aliphatic heterocycles. The molecule has 3 rings (SSSR count). The number of halogens is 1. The van der Waals surface area contributed by atoms with Gasteiger partial charge in [-0.25, -0.2) is 14.0 Å². The summed E-state index contributed by atoms with van der Waals surface area (Å²) in [6.07, 6.45) is 2.43. The molecule has 1 heterocycles. The molecule has 0 bridgehead atoms. The summed E-state index contributed by atoms with van der Waals surface area (Å²) in [6.45, 7) is 2.44. The number of benzene rings is 2. The average molecular weight is 387 g/mol. The summed E-state index contributed by atoms with van der Waals surface area (Å²) in [5.41, 5.74) is 2.58. The van der Waals surface area contributed by atoms with Crippen molar-refractivity contribution in [1.29, 1.82) is 0 Å². The molecule has 0 radical (unpaired) electrons. The van der Waals surface area contributed by atoms with Gasteiger partial charge < -0.3 is 20.3 Å². The predicted octanol–water partition coefficient (Wildman–Crippen LogP) is 3.08. The van der Waals surface area contributed by atoms with Gasteiger partial charge in [0.05, 0.1) is 12.7 Å². The second-order valence-electron chi connectivity index (χ2n) is 6.07. The van der Waals surface area contributed by atoms with Crippen molar-refractivity contribution in [2.24, 2.45) is 0 Å². The van der Waals surface area contributed by atoms with Crippen LogP contribution >= 0.6 is 0 Å². The van der Waals surface area contributed by atoms with E-state index in [1.165, 1.54) is 6.07 Å². The lowest BCUT2D eigenvalue weighted by Gasteiger charge is -2.14. The number of carboxylic acids is 2. The average Bonchev–Trinajstić information content (AvgIpc) is 3.20. The summed E-state index contributed by atoms with van der Waals surface area (Å²) in [5.74, 6) is -2.71. The van der Waals surface area contributed by atoms with E-state index < -0.39 is 11.9 Å². The first-order valence-electron chi connectivity index (χ1n) is 8.76. The third kappa shape index (κ3) is 6.94. The second kappa shape index (κ2) is 11.0. The summed E-state index contributed by atoms with van der Waals surface area (Å²) >= 11 is 0. The Balaban J connectivity index is 0.000000300. The summed E-state index contributed by atoms with van der Waals surface area (Å²) in [7, 11) is 0. The molecular formula is C21H22FNO5. The van der Waals surface area contributed by atoms with Crippen LogP contribution in [0.4, 0.5) is 4.39 Å². The lowest BCUT2D eigenvalue weighted by Crippen LogP contribution is -2.16. The quantitative estimate of drug-likeness (QED) is 0.660. The van der Waals surface area contributed by atoms with E-state index in [1.807, 2.05) is 36.4 Å². The molecule has 0 saturated carbocycles. The zero-order valence-electron chi connectivity index (χ0n) is 15.2. The van der Waals surface area contributed by atoms with Crippen LogP contribution in [0, 0.1) is 5.82 Å². The van der Waals surface area contributed by atoms with Gasteiger partial charge in [-0.3, -0.25) is 0 Å². The Kier molecular flexibility index (Phi) is 8.33. The minimum atomic E-state index is -1.26. The number of hydrogen-bond donors (Lipinski definition) is 3. The van der Waals surface area contributed by atoms with Gasteiger partial charge in [-0.2, -0.15) is 0 Å². The number of carbonyl (C=O) groups is 2. The minimum absolute atomic E-state index is 0.192. The fourth-order valence-corrected chi connectivity index (χ4v) is 2.71. The highest BCUT2D eigenvalue weighted by molar-refractivity contribution is 5.89. The molecule has 7 heteroatoms. The van der Waals surface area contributed by atoms with Crippen molar-refractivity contribution >= 4 is 11.9 Å². The van der Waals surface area contributed by atoms with Crippen LogP contribution in [0.5, 0.6) is 0 Å². The molecule has 1 fully saturated rings. The maximum atomic E-state index is 13.9. The van der Waals surface area contributed by atoms with Crippen molar-refractivity contribution in [2.75, 3.05) is 13.1 Å². The Labute approximate surface area is 162 Å². The van der Waals surface area contributed by atoms with Crippen LogP contribution in [0.3, 0.4) is 0 Å². The zero-order chi connectivity index (χ0) is 20.4. The molecule has 148 valence electrons. The molecule has 0 spiro atoms. The normalized spacial score (nSPS) is 15.8. The maximum Gasteiger partial charge on any atom is 0.328 e. The Hall–Kier alpha value is -3.03. The number of carboxylic acid groups (broad SMARTS) is 2. The fourth-order valence-electron chi connectivity index (χ4n) is 2.71. The van der Waals surface area contributed by atoms with Crippen molar-refractivity contribution in [3.8, 4) is 11.1 Å². The van der Waals surface area contributed by atoms with Crippen LogP contribution in [-0.2, 0) is 20.9 Å². The van der Waals surface area contributed by atoms with Crippen LogP contribution in [0.2, 0.25) is 0 Å². The van der Waals surface area contributed by atoms with E-state index in [0.29, 0.717) is 24.3 Å². The van der Waals surface area contributed by atoms with Gasteiger partial charge in [-0.05, 0) is 30.2 Å². The van der Waals surface area contributed by atoms with Gasteiger partial charge in [0.15, 0.2) is 0 Å². The topological polar surface area (TPSA) is 95.9 Å². The van der Waals surface area contributed by atoms with Crippen LogP contribution in [0.25, 0.3) is 11.1 Å². The van der Waals surface area contributed by atoms with Gasteiger partial charge in [-0.1, -0.05) is 42.5 Å². The molecule has 3 N–H and O–H groups in total. The van der Waals surface area contributed by atoms with Crippen LogP contribution in [-0.4, -0.2) is 41.3 Å². The highest BCUT2D eigenvalue weighted by atomic mass is 19.1. The zero-order valence-corrected chi connectivity index (χ0v) is 15.2. The van der Waals surface area contributed by atoms with E-state index in [4.69, 9.17) is 14.9 Å². The standard InChI is InChI=1S/C17H18FNO.C4H4O4/c18-17-8-4-3-7-16(17)15-6-2-1-5-13(15)12-20-14-9-10-19-11-14;5-3(6)1-2-4(7)8/h1-8,14,19H,9-12H2;1-2H,(H,5,6)(H,7,8)/b;2-1+/t14-;/m1./s1. The SMILES string of the molecule is Fc1ccccc1-c1ccccc1CO[C@@H]1CCNC1.O=C(O)/C=C/C(=O)O. The molecular weight excluding hydrogens is 365 g/mol. The third-order valence-corrected chi connectivity index (χ3v) is 4.04. The van der Waals surface area contributed by atoms with E-state index in [1.54, 1.807) is 6.07 Å². The van der Waals surface area contributed by atoms with E-state index in [-0.39, 0.29) is 11.9 Å². The monoisotopic (exact) mass is 387 g/mol. The third-order valence-electron chi connectivity index (χ3n) is 4.04. The molecule has 1 saturated heterocycles. The molecule has 0 amide bonds. The van der Waals surface area contributed by atoms with Crippen molar-refractivity contribution < 1.29 is 28.9 Å². The van der Waals surface area contributed by atoms with E-state index in [0.717, 1.165) is 30.6 Å². The van der Waals surface area contributed by atoms with Gasteiger partial charge in [0.1, 0.15) is 5.82 Å². The van der Waals surface area contributed by atoms with E-state index in [9.17, 15) is 14.0 Å². The number of rotatable bonds is 6. The van der Waals surface area contributed by atoms with Gasteiger partial charge in [0.2, 0.25) is 0 Å². The highest BCUT2D eigenvalue weighted by Crippen LogP contribution is 2.27. The first-order chi connectivity index (χ1) is 13.5. The second-order valence-corrected chi connectivity index (χ2v) is 6.07. The Morgan fingerprint density at radius 2 is 1.64 bits per heavy atom. The molecule has 28 heavy (non-hydrogen) atoms. The summed E-state index contributed by atoms with van der Waals surface area (Å²) in [5, 5.41) is 18.9. The van der Waals surface area contributed by atoms with Crippen molar-refractivity contribution in [3.63, 3.8) is 0 Å². The smallest absolute Gasteiger partial charge is 0.328 e. The first-order valence-corrected chi connectivity index (χ1v) is 8.76. The van der Waals surface area contributed by atoms with Gasteiger partial charge in [0, 0.05) is 24.3 Å². The fraction of sp³-hybridized carbons (Fsp3) is 0.238. The maximum absolute atomic E-state index is 13.9. The summed E-state index contributed by atoms with van der Waals surface area (Å²) in [4.78, 5) is 19.1. The molecule has 2 aromatic rings. The lowest BCUT2D eigenvalue weighted by molar-refractivity contribution is -0.134. The lowest BCUT2D eigenvalue weighted by atomic mass is 10.00. The van der Waals surface area contributed by atoms with Gasteiger partial charge >= 0.3 is 11.9 Å². The van der Waals surface area contributed by atoms with E-state index >= 15 is 0 Å². The van der Waals surface area contributed by atoms with Gasteiger partial charge in [0.25, 0.3) is 0 Å². The van der Waals surface area contributed by atoms with Gasteiger partial charge in [-0.15, -0.1) is 0 Å². The Morgan fingerprint density at radius 1 is 1.04 bits per heavy atom. The van der Waals surface area contributed by atoms with Crippen molar-refractivity contribution in [2.45, 2.75) is 19.1 Å². The molecule has 0 aromatic heterocycles. The number of aliphatic carboxylic acids is 2. The Morgan fingerprint density at radius 3 is 2.21 bits per heavy atom. The van der Waals surface area contributed by atoms with Crippen molar-refractivity contribution in [1.82, 2.24) is 5.32 Å². The number of nitrogens with one attached hydrogen (secondary N) is 1. The highest BCUT2D eigenvalue weighted by Gasteiger charge is 2.16. The van der Waals surface area contributed by atoms with E-state index in [2.05, 4.69) is 5.32 Å². The summed E-state index contributed by atoms with van der Waals surface area (Å²) in [6, 6.07) is 14.7. The van der Waals surface area contributed by atoms with Crippen molar-refractivity contribution in [3.05, 3.63) is 72.1 Å². The van der Waals surface area contributed by atoms with Crippen LogP contribution in [0.1, 0.15) is 12.0 Å². The number of ether oxygens (including phenoxy) is 1. The molecule has 0 aliphatic carbocycles. The molecule has 6 nitrogen and oxygen atoms in total. The molecule has 1 aliphatic rings. The summed E-state index contributed by atoms with van der Waals surface area (Å²) < 4.78 is 19.9. The largest absolute Gasteiger partial charge is 0.478 e. The molecule has 1 atom stereocenters. The van der Waals surface area contributed by atoms with Crippen LogP contribution in [0.15, 0.2) is 60.7 Å². The molecule has 0 unspecified atom stereocenters. The minimum Gasteiger partial charge on any atom is -0.478 e. The Bertz CT molecular complexity index is 815. The predicted molar refractivity (Wildman–Crippen MR) is 102 cm³/mol. The molecule has 2 aromatic carbocycles. The van der Waals surface area contributed by atoms with Crippen LogP contribution < -0.4 is 5.32 Å². The number of hydrogen-bond acceptors (Lipinski definition) is 4. The first kappa shape index (κ1) is 21.3.